The Bertz CT molecular complexity index is 351. The Morgan fingerprint density at radius 3 is 3.00 bits per heavy atom. The highest BCUT2D eigenvalue weighted by atomic mass is 35.5. The highest BCUT2D eigenvalue weighted by Gasteiger charge is 2.25. The van der Waals surface area contributed by atoms with Gasteiger partial charge in [0.05, 0.1) is 5.69 Å². The lowest BCUT2D eigenvalue weighted by Crippen LogP contribution is -2.16. The van der Waals surface area contributed by atoms with Crippen molar-refractivity contribution in [1.82, 2.24) is 0 Å². The Morgan fingerprint density at radius 2 is 2.25 bits per heavy atom. The molecule has 3 nitrogen and oxygen atoms in total. The van der Waals surface area contributed by atoms with Crippen LogP contribution in [0.15, 0.2) is 18.2 Å². The average molecular weight is 184 g/mol. The van der Waals surface area contributed by atoms with Crippen molar-refractivity contribution in [2.75, 3.05) is 11.6 Å². The molecule has 1 aliphatic heterocycles. The Kier molecular flexibility index (Phi) is 1.56. The van der Waals surface area contributed by atoms with Gasteiger partial charge in [-0.2, -0.15) is 0 Å². The number of fused-ring (bicyclic) bond motifs is 1. The molecule has 1 aromatic carbocycles. The van der Waals surface area contributed by atoms with Crippen LogP contribution in [0, 0.1) is 0 Å². The van der Waals surface area contributed by atoms with Gasteiger partial charge < -0.3 is 0 Å². The van der Waals surface area contributed by atoms with E-state index in [0.29, 0.717) is 16.3 Å². The molecule has 62 valence electrons. The van der Waals surface area contributed by atoms with Crippen LogP contribution in [-0.4, -0.2) is 17.5 Å². The van der Waals surface area contributed by atoms with Gasteiger partial charge in [0.2, 0.25) is 0 Å². The molecular formula is C8H6ClNO2. The minimum absolute atomic E-state index is 0.0235. The van der Waals surface area contributed by atoms with Gasteiger partial charge in [-0.25, -0.2) is 5.06 Å². The maximum absolute atomic E-state index is 11.1. The molecule has 12 heavy (non-hydrogen) atoms. The number of carbonyl (C=O) groups is 1. The summed E-state index contributed by atoms with van der Waals surface area (Å²) in [6.45, 7) is 0.0235. The zero-order valence-electron chi connectivity index (χ0n) is 6.12. The number of carbonyl (C=O) groups excluding carboxylic acids is 1. The lowest BCUT2D eigenvalue weighted by atomic mass is 10.1. The molecular weight excluding hydrogens is 178 g/mol. The summed E-state index contributed by atoms with van der Waals surface area (Å²) < 4.78 is 0. The summed E-state index contributed by atoms with van der Waals surface area (Å²) in [5.74, 6) is -0.0795. The second-order valence-electron chi connectivity index (χ2n) is 2.64. The molecule has 1 N–H and O–H groups in total. The second kappa shape index (κ2) is 2.47. The number of hydroxylamine groups is 1. The maximum Gasteiger partial charge on any atom is 0.186 e. The van der Waals surface area contributed by atoms with E-state index in [1.54, 1.807) is 18.2 Å². The molecule has 0 saturated heterocycles. The Hall–Kier alpha value is -1.06. The molecule has 1 heterocycles. The van der Waals surface area contributed by atoms with Crippen LogP contribution in [0.4, 0.5) is 5.69 Å². The van der Waals surface area contributed by atoms with Crippen molar-refractivity contribution >= 4 is 23.1 Å². The number of hydrogen-bond acceptors (Lipinski definition) is 3. The van der Waals surface area contributed by atoms with Crippen LogP contribution in [-0.2, 0) is 0 Å². The third-order valence-electron chi connectivity index (χ3n) is 1.83. The number of anilines is 1. The van der Waals surface area contributed by atoms with Gasteiger partial charge >= 0.3 is 0 Å². The van der Waals surface area contributed by atoms with Crippen LogP contribution < -0.4 is 5.06 Å². The van der Waals surface area contributed by atoms with Crippen LogP contribution in [0.25, 0.3) is 0 Å². The fourth-order valence-electron chi connectivity index (χ4n) is 1.26. The highest BCUT2D eigenvalue weighted by Crippen LogP contribution is 2.28. The van der Waals surface area contributed by atoms with Crippen molar-refractivity contribution in [2.45, 2.75) is 0 Å². The predicted octanol–water partition coefficient (Wildman–Crippen LogP) is 1.73. The first-order chi connectivity index (χ1) is 5.68. The summed E-state index contributed by atoms with van der Waals surface area (Å²) in [7, 11) is 0. The van der Waals surface area contributed by atoms with E-state index in [9.17, 15) is 10.0 Å². The Balaban J connectivity index is 2.60. The third-order valence-corrected chi connectivity index (χ3v) is 2.07. The lowest BCUT2D eigenvalue weighted by molar-refractivity contribution is 0.0988. The van der Waals surface area contributed by atoms with E-state index in [1.165, 1.54) is 0 Å². The molecule has 0 fully saturated rings. The van der Waals surface area contributed by atoms with Crippen LogP contribution in [0.5, 0.6) is 0 Å². The van der Waals surface area contributed by atoms with E-state index in [4.69, 9.17) is 11.6 Å². The van der Waals surface area contributed by atoms with Crippen molar-refractivity contribution in [1.29, 1.82) is 0 Å². The van der Waals surface area contributed by atoms with E-state index in [2.05, 4.69) is 0 Å². The van der Waals surface area contributed by atoms with Crippen molar-refractivity contribution in [3.05, 3.63) is 28.8 Å². The van der Waals surface area contributed by atoms with Gasteiger partial charge in [0.1, 0.15) is 6.54 Å². The molecule has 0 saturated carbocycles. The molecule has 0 unspecified atom stereocenters. The second-order valence-corrected chi connectivity index (χ2v) is 3.08. The molecule has 0 radical (unpaired) electrons. The maximum atomic E-state index is 11.1. The van der Waals surface area contributed by atoms with E-state index in [-0.39, 0.29) is 12.3 Å². The summed E-state index contributed by atoms with van der Waals surface area (Å²) in [5.41, 5.74) is 1.02. The predicted molar refractivity (Wildman–Crippen MR) is 44.9 cm³/mol. The van der Waals surface area contributed by atoms with Crippen molar-refractivity contribution in [3.8, 4) is 0 Å². The van der Waals surface area contributed by atoms with E-state index >= 15 is 0 Å². The minimum atomic E-state index is -0.0795. The molecule has 1 aromatic rings. The first-order valence-corrected chi connectivity index (χ1v) is 3.85. The lowest BCUT2D eigenvalue weighted by Gasteiger charge is -2.07. The number of hydrogen-bond donors (Lipinski definition) is 1. The summed E-state index contributed by atoms with van der Waals surface area (Å²) in [4.78, 5) is 11.1. The van der Waals surface area contributed by atoms with E-state index in [1.807, 2.05) is 0 Å². The molecule has 0 aromatic heterocycles. The molecule has 0 aliphatic carbocycles. The SMILES string of the molecule is O=C1CN(O)c2cc(Cl)ccc21. The monoisotopic (exact) mass is 183 g/mol. The van der Waals surface area contributed by atoms with Crippen molar-refractivity contribution in [2.24, 2.45) is 0 Å². The first-order valence-electron chi connectivity index (χ1n) is 3.47. The fourth-order valence-corrected chi connectivity index (χ4v) is 1.43. The molecule has 0 bridgehead atoms. The Labute approximate surface area is 74.1 Å². The van der Waals surface area contributed by atoms with Crippen molar-refractivity contribution < 1.29 is 10.0 Å². The van der Waals surface area contributed by atoms with E-state index in [0.717, 1.165) is 5.06 Å². The zero-order chi connectivity index (χ0) is 8.72. The smallest absolute Gasteiger partial charge is 0.186 e. The molecule has 0 spiro atoms. The minimum Gasteiger partial charge on any atom is -0.292 e. The van der Waals surface area contributed by atoms with Gasteiger partial charge in [0, 0.05) is 10.6 Å². The molecule has 0 amide bonds. The van der Waals surface area contributed by atoms with Gasteiger partial charge in [-0.05, 0) is 18.2 Å². The van der Waals surface area contributed by atoms with Crippen molar-refractivity contribution in [3.63, 3.8) is 0 Å². The third kappa shape index (κ3) is 0.983. The normalized spacial score (nSPS) is 15.2. The van der Waals surface area contributed by atoms with Crippen LogP contribution in [0.3, 0.4) is 0 Å². The number of Topliss-reactive ketones (excluding diaryl/α,β-unsaturated/α-hetero) is 1. The fraction of sp³-hybridized carbons (Fsp3) is 0.125. The number of nitrogens with zero attached hydrogens (tertiary/aromatic N) is 1. The summed E-state index contributed by atoms with van der Waals surface area (Å²) in [5, 5.41) is 10.7. The number of rotatable bonds is 0. The van der Waals surface area contributed by atoms with Crippen LogP contribution >= 0.6 is 11.6 Å². The highest BCUT2D eigenvalue weighted by molar-refractivity contribution is 6.31. The van der Waals surface area contributed by atoms with Gasteiger partial charge in [-0.15, -0.1) is 0 Å². The summed E-state index contributed by atoms with van der Waals surface area (Å²) >= 11 is 5.69. The molecule has 0 atom stereocenters. The first kappa shape index (κ1) is 7.58. The number of halogens is 1. The van der Waals surface area contributed by atoms with Crippen LogP contribution in [0.1, 0.15) is 10.4 Å². The molecule has 4 heteroatoms. The number of ketones is 1. The molecule has 1 aliphatic rings. The standard InChI is InChI=1S/C8H6ClNO2/c9-5-1-2-6-7(3-5)10(12)4-8(6)11/h1-3,12H,4H2. The topological polar surface area (TPSA) is 40.5 Å². The summed E-state index contributed by atoms with van der Waals surface area (Å²) in [6.07, 6.45) is 0. The van der Waals surface area contributed by atoms with E-state index < -0.39 is 0 Å². The van der Waals surface area contributed by atoms with Gasteiger partial charge in [0.15, 0.2) is 5.78 Å². The molecule has 2 rings (SSSR count). The largest absolute Gasteiger partial charge is 0.292 e. The average Bonchev–Trinajstić information content (AvgIpc) is 2.28. The Morgan fingerprint density at radius 1 is 1.50 bits per heavy atom. The zero-order valence-corrected chi connectivity index (χ0v) is 6.88. The number of benzene rings is 1. The van der Waals surface area contributed by atoms with Gasteiger partial charge in [-0.3, -0.25) is 10.0 Å². The van der Waals surface area contributed by atoms with Gasteiger partial charge in [0.25, 0.3) is 0 Å². The van der Waals surface area contributed by atoms with Gasteiger partial charge in [-0.1, -0.05) is 11.6 Å². The quantitative estimate of drug-likeness (QED) is 0.666. The summed E-state index contributed by atoms with van der Waals surface area (Å²) in [6, 6.07) is 4.83. The van der Waals surface area contributed by atoms with Crippen LogP contribution in [0.2, 0.25) is 5.02 Å².